The Balaban J connectivity index is 1.47. The molecular formula is C23H22N4O4S. The molecule has 0 aliphatic rings. The lowest BCUT2D eigenvalue weighted by Gasteiger charge is -2.08. The summed E-state index contributed by atoms with van der Waals surface area (Å²) < 4.78 is 33.6. The number of fused-ring (bicyclic) bond motifs is 1. The fraction of sp³-hybridized carbons (Fsp3) is 0.130. The van der Waals surface area contributed by atoms with Gasteiger partial charge in [-0.15, -0.1) is 0 Å². The molecule has 9 heteroatoms. The van der Waals surface area contributed by atoms with Crippen molar-refractivity contribution in [3.05, 3.63) is 84.7 Å². The van der Waals surface area contributed by atoms with E-state index >= 15 is 0 Å². The fourth-order valence-electron chi connectivity index (χ4n) is 3.15. The number of aromatic nitrogens is 2. The third-order valence-corrected chi connectivity index (χ3v) is 6.29. The minimum absolute atomic E-state index is 0.110. The number of anilines is 1. The van der Waals surface area contributed by atoms with Crippen molar-refractivity contribution in [2.45, 2.75) is 4.90 Å². The molecule has 0 radical (unpaired) electrons. The number of imidazole rings is 1. The molecule has 2 heterocycles. The maximum atomic E-state index is 12.7. The summed E-state index contributed by atoms with van der Waals surface area (Å²) in [6, 6.07) is 19.2. The molecule has 0 bridgehead atoms. The molecular weight excluding hydrogens is 428 g/mol. The first kappa shape index (κ1) is 21.7. The number of rotatable bonds is 8. The van der Waals surface area contributed by atoms with E-state index in [9.17, 15) is 13.2 Å². The molecule has 32 heavy (non-hydrogen) atoms. The van der Waals surface area contributed by atoms with Crippen molar-refractivity contribution in [3.8, 4) is 11.3 Å². The van der Waals surface area contributed by atoms with Crippen LogP contribution in [0.25, 0.3) is 16.9 Å². The molecule has 8 nitrogen and oxygen atoms in total. The van der Waals surface area contributed by atoms with E-state index in [1.165, 1.54) is 19.2 Å². The van der Waals surface area contributed by atoms with Crippen molar-refractivity contribution in [2.75, 3.05) is 25.6 Å². The van der Waals surface area contributed by atoms with Crippen LogP contribution in [0, 0.1) is 0 Å². The smallest absolute Gasteiger partial charge is 0.255 e. The van der Waals surface area contributed by atoms with E-state index in [1.54, 1.807) is 30.5 Å². The van der Waals surface area contributed by atoms with Crippen molar-refractivity contribution in [1.82, 2.24) is 14.1 Å². The minimum atomic E-state index is -3.63. The highest BCUT2D eigenvalue weighted by Crippen LogP contribution is 2.20. The molecule has 4 aromatic rings. The first-order valence-electron chi connectivity index (χ1n) is 9.90. The van der Waals surface area contributed by atoms with Crippen LogP contribution in [0.3, 0.4) is 0 Å². The molecule has 4 rings (SSSR count). The fourth-order valence-corrected chi connectivity index (χ4v) is 4.17. The van der Waals surface area contributed by atoms with Crippen LogP contribution in [-0.2, 0) is 14.8 Å². The lowest BCUT2D eigenvalue weighted by molar-refractivity contribution is 0.102. The van der Waals surface area contributed by atoms with Crippen LogP contribution in [-0.4, -0.2) is 44.0 Å². The van der Waals surface area contributed by atoms with Gasteiger partial charge in [0.05, 0.1) is 17.2 Å². The molecule has 0 fully saturated rings. The van der Waals surface area contributed by atoms with E-state index in [1.807, 2.05) is 40.9 Å². The zero-order chi connectivity index (χ0) is 22.6. The summed E-state index contributed by atoms with van der Waals surface area (Å²) in [5.41, 5.74) is 3.40. The van der Waals surface area contributed by atoms with Gasteiger partial charge in [0.2, 0.25) is 10.0 Å². The predicted octanol–water partition coefficient (Wildman–Crippen LogP) is 3.18. The van der Waals surface area contributed by atoms with E-state index in [0.29, 0.717) is 16.9 Å². The number of carbonyl (C=O) groups is 1. The summed E-state index contributed by atoms with van der Waals surface area (Å²) in [4.78, 5) is 17.4. The van der Waals surface area contributed by atoms with Crippen LogP contribution in [0.4, 0.5) is 5.69 Å². The number of pyridine rings is 1. The normalized spacial score (nSPS) is 11.5. The molecule has 1 amide bonds. The number of ether oxygens (including phenoxy) is 1. The Morgan fingerprint density at radius 3 is 2.53 bits per heavy atom. The molecule has 2 aromatic carbocycles. The number of sulfonamides is 1. The summed E-state index contributed by atoms with van der Waals surface area (Å²) in [6.07, 6.45) is 3.69. The Hall–Kier alpha value is -3.53. The third kappa shape index (κ3) is 4.86. The largest absolute Gasteiger partial charge is 0.383 e. The van der Waals surface area contributed by atoms with Crippen molar-refractivity contribution in [1.29, 1.82) is 0 Å². The zero-order valence-corrected chi connectivity index (χ0v) is 18.2. The van der Waals surface area contributed by atoms with Gasteiger partial charge in [0, 0.05) is 42.9 Å². The van der Waals surface area contributed by atoms with E-state index in [0.717, 1.165) is 11.3 Å². The van der Waals surface area contributed by atoms with Crippen molar-refractivity contribution >= 4 is 27.3 Å². The van der Waals surface area contributed by atoms with Crippen LogP contribution < -0.4 is 10.0 Å². The molecule has 2 aromatic heterocycles. The van der Waals surface area contributed by atoms with Crippen LogP contribution >= 0.6 is 0 Å². The first-order chi connectivity index (χ1) is 15.5. The van der Waals surface area contributed by atoms with E-state index < -0.39 is 10.0 Å². The Labute approximate surface area is 185 Å². The number of hydrogen-bond acceptors (Lipinski definition) is 5. The molecule has 0 atom stereocenters. The number of hydrogen-bond donors (Lipinski definition) is 2. The van der Waals surface area contributed by atoms with Crippen LogP contribution in [0.2, 0.25) is 0 Å². The van der Waals surface area contributed by atoms with Crippen LogP contribution in [0.5, 0.6) is 0 Å². The molecule has 0 spiro atoms. The maximum absolute atomic E-state index is 12.7. The summed E-state index contributed by atoms with van der Waals surface area (Å²) in [5, 5.41) is 2.78. The Morgan fingerprint density at radius 1 is 1.06 bits per heavy atom. The highest BCUT2D eigenvalue weighted by Gasteiger charge is 2.14. The van der Waals surface area contributed by atoms with E-state index in [4.69, 9.17) is 4.74 Å². The quantitative estimate of drug-likeness (QED) is 0.402. The van der Waals surface area contributed by atoms with Crippen LogP contribution in [0.1, 0.15) is 10.4 Å². The van der Waals surface area contributed by atoms with Gasteiger partial charge in [0.15, 0.2) is 0 Å². The average molecular weight is 451 g/mol. The minimum Gasteiger partial charge on any atom is -0.383 e. The predicted molar refractivity (Wildman–Crippen MR) is 122 cm³/mol. The van der Waals surface area contributed by atoms with Crippen molar-refractivity contribution in [3.63, 3.8) is 0 Å². The van der Waals surface area contributed by atoms with Gasteiger partial charge >= 0.3 is 0 Å². The highest BCUT2D eigenvalue weighted by molar-refractivity contribution is 7.89. The summed E-state index contributed by atoms with van der Waals surface area (Å²) in [6.45, 7) is 0.459. The first-order valence-corrected chi connectivity index (χ1v) is 11.4. The molecule has 0 unspecified atom stereocenters. The Bertz CT molecular complexity index is 1330. The van der Waals surface area contributed by atoms with Gasteiger partial charge in [-0.25, -0.2) is 18.1 Å². The summed E-state index contributed by atoms with van der Waals surface area (Å²) >= 11 is 0. The highest BCUT2D eigenvalue weighted by atomic mass is 32.2. The zero-order valence-electron chi connectivity index (χ0n) is 17.4. The average Bonchev–Trinajstić information content (AvgIpc) is 3.24. The summed E-state index contributed by atoms with van der Waals surface area (Å²) in [7, 11) is -2.13. The van der Waals surface area contributed by atoms with Gasteiger partial charge in [-0.2, -0.15) is 0 Å². The molecule has 2 N–H and O–H groups in total. The number of nitrogens with one attached hydrogen (secondary N) is 2. The second-order valence-corrected chi connectivity index (χ2v) is 8.81. The molecule has 0 saturated heterocycles. The molecule has 0 aliphatic heterocycles. The van der Waals surface area contributed by atoms with Crippen molar-refractivity contribution < 1.29 is 17.9 Å². The maximum Gasteiger partial charge on any atom is 0.255 e. The summed E-state index contributed by atoms with van der Waals surface area (Å²) in [5.74, 6) is -0.314. The molecule has 164 valence electrons. The second kappa shape index (κ2) is 9.31. The SMILES string of the molecule is COCCNS(=O)(=O)c1ccc(NC(=O)c2ccn3cc(-c4ccccc4)nc3c2)cc1. The molecule has 0 saturated carbocycles. The Kier molecular flexibility index (Phi) is 6.31. The lowest BCUT2D eigenvalue weighted by Crippen LogP contribution is -2.27. The van der Waals surface area contributed by atoms with Crippen LogP contribution in [0.15, 0.2) is 84.0 Å². The lowest BCUT2D eigenvalue weighted by atomic mass is 10.2. The monoisotopic (exact) mass is 450 g/mol. The van der Waals surface area contributed by atoms with Gasteiger partial charge in [0.25, 0.3) is 5.91 Å². The van der Waals surface area contributed by atoms with Crippen molar-refractivity contribution in [2.24, 2.45) is 0 Å². The number of benzene rings is 2. The number of carbonyl (C=O) groups excluding carboxylic acids is 1. The number of amides is 1. The van der Waals surface area contributed by atoms with Gasteiger partial charge in [-0.3, -0.25) is 4.79 Å². The van der Waals surface area contributed by atoms with Gasteiger partial charge in [-0.1, -0.05) is 30.3 Å². The number of methoxy groups -OCH3 is 1. The second-order valence-electron chi connectivity index (χ2n) is 7.04. The van der Waals surface area contributed by atoms with E-state index in [-0.39, 0.29) is 24.0 Å². The molecule has 0 aliphatic carbocycles. The van der Waals surface area contributed by atoms with Gasteiger partial charge in [-0.05, 0) is 36.4 Å². The van der Waals surface area contributed by atoms with Gasteiger partial charge < -0.3 is 14.5 Å². The van der Waals surface area contributed by atoms with E-state index in [2.05, 4.69) is 15.0 Å². The topological polar surface area (TPSA) is 102 Å². The third-order valence-electron chi connectivity index (χ3n) is 4.81. The standard InChI is InChI=1S/C23H22N4O4S/c1-31-14-12-24-32(29,30)20-9-7-19(8-10-20)25-23(28)18-11-13-27-16-21(26-22(27)15-18)17-5-3-2-4-6-17/h2-11,13,15-16,24H,12,14H2,1H3,(H,25,28). The van der Waals surface area contributed by atoms with Gasteiger partial charge in [0.1, 0.15) is 5.65 Å². The Morgan fingerprint density at radius 2 is 1.81 bits per heavy atom. The number of nitrogens with zero attached hydrogens (tertiary/aromatic N) is 2.